The minimum Gasteiger partial charge on any atom is -0.508 e. The molecule has 1 aliphatic rings. The number of aromatic amines is 1. The Labute approximate surface area is 149 Å². The van der Waals surface area contributed by atoms with Crippen LogP contribution < -0.4 is 0 Å². The third kappa shape index (κ3) is 3.25. The molecule has 0 radical (unpaired) electrons. The summed E-state index contributed by atoms with van der Waals surface area (Å²) in [7, 11) is 1.69. The van der Waals surface area contributed by atoms with E-state index >= 15 is 0 Å². The molecule has 0 spiro atoms. The smallest absolute Gasteiger partial charge is 0.142 e. The highest BCUT2D eigenvalue weighted by Crippen LogP contribution is 2.36. The lowest BCUT2D eigenvalue weighted by atomic mass is 10.1. The molecular weight excluding hydrogens is 334 g/mol. The molecular formula is C19H17N3O2S. The van der Waals surface area contributed by atoms with Gasteiger partial charge in [0.25, 0.3) is 0 Å². The van der Waals surface area contributed by atoms with Crippen LogP contribution >= 0.6 is 11.8 Å². The van der Waals surface area contributed by atoms with Gasteiger partial charge < -0.3 is 14.8 Å². The highest BCUT2D eigenvalue weighted by molar-refractivity contribution is 8.03. The van der Waals surface area contributed by atoms with E-state index in [0.717, 1.165) is 45.9 Å². The van der Waals surface area contributed by atoms with Crippen molar-refractivity contribution in [2.45, 2.75) is 17.9 Å². The highest BCUT2D eigenvalue weighted by atomic mass is 32.2. The summed E-state index contributed by atoms with van der Waals surface area (Å²) in [6, 6.07) is 9.15. The number of aromatic nitrogens is 3. The Morgan fingerprint density at radius 2 is 2.04 bits per heavy atom. The Morgan fingerprint density at radius 1 is 1.20 bits per heavy atom. The largest absolute Gasteiger partial charge is 0.508 e. The minimum absolute atomic E-state index is 0.252. The second-order valence-corrected chi connectivity index (χ2v) is 6.85. The molecule has 3 aromatic rings. The third-order valence-corrected chi connectivity index (χ3v) is 5.17. The summed E-state index contributed by atoms with van der Waals surface area (Å²) in [5, 5.41) is 11.4. The molecule has 25 heavy (non-hydrogen) atoms. The number of benzene rings is 1. The number of H-pyrrole nitrogens is 1. The van der Waals surface area contributed by atoms with Crippen LogP contribution in [0, 0.1) is 0 Å². The number of nitrogens with zero attached hydrogens (tertiary/aromatic N) is 2. The fourth-order valence-corrected chi connectivity index (χ4v) is 3.80. The molecule has 1 aliphatic carbocycles. The van der Waals surface area contributed by atoms with Gasteiger partial charge in [-0.2, -0.15) is 0 Å². The number of thioether (sulfide) groups is 1. The first kappa shape index (κ1) is 15.8. The molecule has 0 fully saturated rings. The molecule has 1 aromatic carbocycles. The number of phenols is 1. The second-order valence-electron chi connectivity index (χ2n) is 5.73. The van der Waals surface area contributed by atoms with Crippen molar-refractivity contribution < 1.29 is 9.84 Å². The molecule has 2 heterocycles. The van der Waals surface area contributed by atoms with E-state index in [-0.39, 0.29) is 5.75 Å². The average molecular weight is 351 g/mol. The van der Waals surface area contributed by atoms with E-state index in [0.29, 0.717) is 0 Å². The quantitative estimate of drug-likeness (QED) is 0.671. The number of fused-ring (bicyclic) bond motifs is 1. The lowest BCUT2D eigenvalue weighted by Gasteiger charge is -2.12. The summed E-state index contributed by atoms with van der Waals surface area (Å²) < 4.78 is 5.33. The van der Waals surface area contributed by atoms with Crippen molar-refractivity contribution in [3.8, 4) is 17.0 Å². The van der Waals surface area contributed by atoms with Gasteiger partial charge in [0.1, 0.15) is 28.5 Å². The molecule has 6 heteroatoms. The van der Waals surface area contributed by atoms with E-state index in [1.807, 2.05) is 12.1 Å². The summed E-state index contributed by atoms with van der Waals surface area (Å²) in [6.45, 7) is 0. The fourth-order valence-electron chi connectivity index (χ4n) is 2.79. The van der Waals surface area contributed by atoms with Gasteiger partial charge in [-0.15, -0.1) is 0 Å². The standard InChI is InChI=1S/C19H17N3O2S/c1-24-14-3-2-4-15(9-14)25-19-16-10-17(22-18(16)20-11-21-19)12-5-7-13(23)8-6-12/h3,5-11,23H,2,4H2,1H3,(H,20,21,22). The van der Waals surface area contributed by atoms with Crippen molar-refractivity contribution in [2.24, 2.45) is 0 Å². The Morgan fingerprint density at radius 3 is 2.84 bits per heavy atom. The number of hydrogen-bond donors (Lipinski definition) is 2. The van der Waals surface area contributed by atoms with Crippen molar-refractivity contribution in [1.82, 2.24) is 15.0 Å². The van der Waals surface area contributed by atoms with E-state index < -0.39 is 0 Å². The molecule has 0 saturated carbocycles. The summed E-state index contributed by atoms with van der Waals surface area (Å²) in [6.07, 6.45) is 7.70. The van der Waals surface area contributed by atoms with Crippen molar-refractivity contribution in [2.75, 3.05) is 7.11 Å². The summed E-state index contributed by atoms with van der Waals surface area (Å²) in [5.74, 6) is 1.15. The number of allylic oxidation sites excluding steroid dienone is 3. The Kier molecular flexibility index (Phi) is 4.19. The van der Waals surface area contributed by atoms with Crippen LogP contribution in [0.25, 0.3) is 22.3 Å². The van der Waals surface area contributed by atoms with Crippen molar-refractivity contribution in [3.63, 3.8) is 0 Å². The number of methoxy groups -OCH3 is 1. The van der Waals surface area contributed by atoms with Crippen LogP contribution in [0.1, 0.15) is 12.8 Å². The number of nitrogens with one attached hydrogen (secondary N) is 1. The number of hydrogen-bond acceptors (Lipinski definition) is 5. The molecule has 0 bridgehead atoms. The number of aromatic hydroxyl groups is 1. The van der Waals surface area contributed by atoms with E-state index in [1.165, 1.54) is 4.91 Å². The summed E-state index contributed by atoms with van der Waals surface area (Å²) in [4.78, 5) is 13.4. The lowest BCUT2D eigenvalue weighted by molar-refractivity contribution is 0.303. The summed E-state index contributed by atoms with van der Waals surface area (Å²) >= 11 is 1.65. The third-order valence-electron chi connectivity index (χ3n) is 4.07. The maximum Gasteiger partial charge on any atom is 0.142 e. The van der Waals surface area contributed by atoms with Crippen LogP contribution in [-0.2, 0) is 4.74 Å². The zero-order chi connectivity index (χ0) is 17.2. The number of rotatable bonds is 4. The average Bonchev–Trinajstić information content (AvgIpc) is 3.08. The lowest BCUT2D eigenvalue weighted by Crippen LogP contribution is -1.93. The minimum atomic E-state index is 0.252. The molecule has 0 unspecified atom stereocenters. The van der Waals surface area contributed by atoms with Gasteiger partial charge in [0, 0.05) is 5.69 Å². The van der Waals surface area contributed by atoms with E-state index in [2.05, 4.69) is 33.2 Å². The molecule has 0 amide bonds. The molecule has 2 aromatic heterocycles. The molecule has 5 nitrogen and oxygen atoms in total. The van der Waals surface area contributed by atoms with Crippen LogP contribution in [0.3, 0.4) is 0 Å². The van der Waals surface area contributed by atoms with Gasteiger partial charge >= 0.3 is 0 Å². The molecule has 0 aliphatic heterocycles. The first-order valence-electron chi connectivity index (χ1n) is 7.98. The van der Waals surface area contributed by atoms with Gasteiger partial charge in [-0.05, 0) is 65.8 Å². The van der Waals surface area contributed by atoms with Crippen LogP contribution in [0.5, 0.6) is 5.75 Å². The van der Waals surface area contributed by atoms with Crippen LogP contribution in [-0.4, -0.2) is 27.2 Å². The molecule has 4 rings (SSSR count). The monoisotopic (exact) mass is 351 g/mol. The summed E-state index contributed by atoms with van der Waals surface area (Å²) in [5.41, 5.74) is 2.75. The van der Waals surface area contributed by atoms with Crippen LogP contribution in [0.2, 0.25) is 0 Å². The number of phenolic OH excluding ortho intramolecular Hbond substituents is 1. The van der Waals surface area contributed by atoms with Crippen molar-refractivity contribution in [1.29, 1.82) is 0 Å². The maximum atomic E-state index is 9.45. The van der Waals surface area contributed by atoms with Gasteiger partial charge in [-0.25, -0.2) is 9.97 Å². The van der Waals surface area contributed by atoms with Crippen molar-refractivity contribution >= 4 is 22.8 Å². The molecule has 2 N–H and O–H groups in total. The van der Waals surface area contributed by atoms with Gasteiger partial charge in [0.05, 0.1) is 12.5 Å². The van der Waals surface area contributed by atoms with Gasteiger partial charge in [-0.1, -0.05) is 11.8 Å². The molecule has 126 valence electrons. The van der Waals surface area contributed by atoms with Gasteiger partial charge in [-0.3, -0.25) is 0 Å². The van der Waals surface area contributed by atoms with E-state index in [1.54, 1.807) is 37.3 Å². The zero-order valence-electron chi connectivity index (χ0n) is 13.7. The second kappa shape index (κ2) is 6.64. The van der Waals surface area contributed by atoms with Crippen molar-refractivity contribution in [3.05, 3.63) is 59.5 Å². The first-order valence-corrected chi connectivity index (χ1v) is 8.80. The predicted molar refractivity (Wildman–Crippen MR) is 99.3 cm³/mol. The Balaban J connectivity index is 1.69. The molecule has 0 saturated heterocycles. The Bertz CT molecular complexity index is 974. The molecule has 0 atom stereocenters. The number of ether oxygens (including phenoxy) is 1. The zero-order valence-corrected chi connectivity index (χ0v) is 14.5. The Hall–Kier alpha value is -2.73. The SMILES string of the molecule is COC1=CCCC(Sc2ncnc3[nH]c(-c4ccc(O)cc4)cc23)=C1. The van der Waals surface area contributed by atoms with E-state index in [4.69, 9.17) is 4.74 Å². The van der Waals surface area contributed by atoms with Gasteiger partial charge in [0.2, 0.25) is 0 Å². The van der Waals surface area contributed by atoms with Crippen LogP contribution in [0.15, 0.2) is 64.5 Å². The normalized spacial score (nSPS) is 14.3. The first-order chi connectivity index (χ1) is 12.2. The van der Waals surface area contributed by atoms with Crippen LogP contribution in [0.4, 0.5) is 0 Å². The topological polar surface area (TPSA) is 71.0 Å². The van der Waals surface area contributed by atoms with Gasteiger partial charge in [0.15, 0.2) is 0 Å². The highest BCUT2D eigenvalue weighted by Gasteiger charge is 2.13. The fraction of sp³-hybridized carbons (Fsp3) is 0.158. The maximum absolute atomic E-state index is 9.45. The van der Waals surface area contributed by atoms with E-state index in [9.17, 15) is 5.11 Å². The predicted octanol–water partition coefficient (Wildman–Crippen LogP) is 4.63.